The molecule has 0 amide bonds. The van der Waals surface area contributed by atoms with E-state index < -0.39 is 24.0 Å². The molecular formula is C13H12O6. The number of carbonyl (C=O) groups excluding carboxylic acids is 3. The Balaban J connectivity index is 2.03. The van der Waals surface area contributed by atoms with E-state index in [1.54, 1.807) is 0 Å². The number of cyclic esters (lactones) is 1. The molecule has 1 saturated heterocycles. The minimum Gasteiger partial charge on any atom is -0.465 e. The predicted molar refractivity (Wildman–Crippen MR) is 62.6 cm³/mol. The van der Waals surface area contributed by atoms with Gasteiger partial charge in [0, 0.05) is 6.42 Å². The number of rotatable bonds is 3. The highest BCUT2D eigenvalue weighted by Gasteiger charge is 2.30. The number of benzene rings is 1. The number of methoxy groups -OCH3 is 1. The number of hydrogen-bond donors (Lipinski definition) is 0. The summed E-state index contributed by atoms with van der Waals surface area (Å²) in [6.07, 6.45) is -0.474. The van der Waals surface area contributed by atoms with Crippen LogP contribution in [0.5, 0.6) is 0 Å². The highest BCUT2D eigenvalue weighted by molar-refractivity contribution is 5.94. The molecule has 1 heterocycles. The average Bonchev–Trinajstić information content (AvgIpc) is 2.83. The first kappa shape index (κ1) is 13.1. The second kappa shape index (κ2) is 5.51. The van der Waals surface area contributed by atoms with Crippen LogP contribution in [0, 0.1) is 0 Å². The van der Waals surface area contributed by atoms with Crippen LogP contribution in [-0.4, -0.2) is 37.7 Å². The van der Waals surface area contributed by atoms with Crippen LogP contribution in [0.4, 0.5) is 0 Å². The first-order chi connectivity index (χ1) is 9.11. The minimum absolute atomic E-state index is 0.257. The Kier molecular flexibility index (Phi) is 3.79. The first-order valence-corrected chi connectivity index (χ1v) is 5.68. The number of carbonyl (C=O) groups is 3. The molecular weight excluding hydrogens is 252 g/mol. The van der Waals surface area contributed by atoms with Crippen LogP contribution in [0.2, 0.25) is 0 Å². The molecule has 100 valence electrons. The van der Waals surface area contributed by atoms with Crippen molar-refractivity contribution < 1.29 is 28.6 Å². The van der Waals surface area contributed by atoms with E-state index in [1.165, 1.54) is 31.4 Å². The van der Waals surface area contributed by atoms with Gasteiger partial charge >= 0.3 is 17.9 Å². The number of hydrogen-bond acceptors (Lipinski definition) is 6. The Morgan fingerprint density at radius 2 is 1.74 bits per heavy atom. The van der Waals surface area contributed by atoms with E-state index >= 15 is 0 Å². The van der Waals surface area contributed by atoms with E-state index in [2.05, 4.69) is 4.74 Å². The van der Waals surface area contributed by atoms with Crippen molar-refractivity contribution in [2.24, 2.45) is 0 Å². The monoisotopic (exact) mass is 264 g/mol. The summed E-state index contributed by atoms with van der Waals surface area (Å²) >= 11 is 0. The van der Waals surface area contributed by atoms with E-state index in [-0.39, 0.29) is 12.2 Å². The molecule has 1 aromatic carbocycles. The molecule has 2 rings (SSSR count). The predicted octanol–water partition coefficient (Wildman–Crippen LogP) is 0.946. The molecule has 1 aromatic rings. The van der Waals surface area contributed by atoms with Gasteiger partial charge in [0.2, 0.25) is 6.10 Å². The molecule has 6 nitrogen and oxygen atoms in total. The second-order valence-electron chi connectivity index (χ2n) is 3.92. The quantitative estimate of drug-likeness (QED) is 0.597. The summed E-state index contributed by atoms with van der Waals surface area (Å²) < 4.78 is 14.2. The lowest BCUT2D eigenvalue weighted by Gasteiger charge is -2.08. The zero-order valence-electron chi connectivity index (χ0n) is 10.3. The second-order valence-corrected chi connectivity index (χ2v) is 3.92. The van der Waals surface area contributed by atoms with Crippen molar-refractivity contribution in [1.82, 2.24) is 0 Å². The van der Waals surface area contributed by atoms with Crippen molar-refractivity contribution in [1.29, 1.82) is 0 Å². The molecule has 0 bridgehead atoms. The lowest BCUT2D eigenvalue weighted by molar-refractivity contribution is -0.145. The summed E-state index contributed by atoms with van der Waals surface area (Å²) in [6.45, 7) is 0.262. The van der Waals surface area contributed by atoms with Crippen molar-refractivity contribution >= 4 is 17.9 Å². The van der Waals surface area contributed by atoms with Crippen molar-refractivity contribution in [3.8, 4) is 0 Å². The van der Waals surface area contributed by atoms with Gasteiger partial charge in [-0.05, 0) is 24.3 Å². The van der Waals surface area contributed by atoms with Gasteiger partial charge in [-0.15, -0.1) is 0 Å². The zero-order chi connectivity index (χ0) is 13.8. The third-order valence-electron chi connectivity index (χ3n) is 2.68. The van der Waals surface area contributed by atoms with Crippen molar-refractivity contribution in [2.75, 3.05) is 13.7 Å². The van der Waals surface area contributed by atoms with Gasteiger partial charge in [0.25, 0.3) is 0 Å². The third kappa shape index (κ3) is 2.90. The third-order valence-corrected chi connectivity index (χ3v) is 2.68. The van der Waals surface area contributed by atoms with Crippen LogP contribution in [-0.2, 0) is 19.0 Å². The number of esters is 3. The molecule has 1 aliphatic rings. The Labute approximate surface area is 109 Å². The van der Waals surface area contributed by atoms with Crippen LogP contribution in [0.3, 0.4) is 0 Å². The molecule has 19 heavy (non-hydrogen) atoms. The highest BCUT2D eigenvalue weighted by Crippen LogP contribution is 2.14. The molecule has 1 atom stereocenters. The maximum Gasteiger partial charge on any atom is 0.347 e. The summed E-state index contributed by atoms with van der Waals surface area (Å²) in [5.74, 6) is -1.64. The van der Waals surface area contributed by atoms with Crippen LogP contribution in [0.25, 0.3) is 0 Å². The normalized spacial score (nSPS) is 17.7. The molecule has 0 aliphatic carbocycles. The number of ether oxygens (including phenoxy) is 3. The van der Waals surface area contributed by atoms with E-state index in [1.807, 2.05) is 0 Å². The smallest absolute Gasteiger partial charge is 0.347 e. The molecule has 0 spiro atoms. The van der Waals surface area contributed by atoms with Crippen molar-refractivity contribution in [3.05, 3.63) is 35.4 Å². The van der Waals surface area contributed by atoms with Crippen LogP contribution in [0.15, 0.2) is 24.3 Å². The minimum atomic E-state index is -0.840. The molecule has 0 unspecified atom stereocenters. The van der Waals surface area contributed by atoms with Gasteiger partial charge in [-0.3, -0.25) is 0 Å². The molecule has 1 fully saturated rings. The van der Waals surface area contributed by atoms with Gasteiger partial charge in [0.15, 0.2) is 0 Å². The van der Waals surface area contributed by atoms with Crippen LogP contribution in [0.1, 0.15) is 27.1 Å². The fourth-order valence-electron chi connectivity index (χ4n) is 1.64. The van der Waals surface area contributed by atoms with Crippen LogP contribution >= 0.6 is 0 Å². The summed E-state index contributed by atoms with van der Waals surface area (Å²) in [4.78, 5) is 34.1. The SMILES string of the molecule is COC(=O)c1ccc(C(=O)O[C@@H]2CCOC2=O)cc1. The van der Waals surface area contributed by atoms with E-state index in [0.717, 1.165) is 0 Å². The zero-order valence-corrected chi connectivity index (χ0v) is 10.3. The Hall–Kier alpha value is -2.37. The van der Waals surface area contributed by atoms with Crippen molar-refractivity contribution in [2.45, 2.75) is 12.5 Å². The summed E-state index contributed by atoms with van der Waals surface area (Å²) in [7, 11) is 1.27. The Morgan fingerprint density at radius 3 is 2.21 bits per heavy atom. The summed E-state index contributed by atoms with van der Waals surface area (Å²) in [6, 6.07) is 5.79. The Bertz CT molecular complexity index is 504. The van der Waals surface area contributed by atoms with Gasteiger partial charge < -0.3 is 14.2 Å². The summed E-state index contributed by atoms with van der Waals surface area (Å²) in [5.41, 5.74) is 0.590. The maximum atomic E-state index is 11.8. The van der Waals surface area contributed by atoms with Gasteiger partial charge in [-0.1, -0.05) is 0 Å². The first-order valence-electron chi connectivity index (χ1n) is 5.68. The molecule has 0 aromatic heterocycles. The molecule has 1 aliphatic heterocycles. The average molecular weight is 264 g/mol. The highest BCUT2D eigenvalue weighted by atomic mass is 16.6. The van der Waals surface area contributed by atoms with E-state index in [0.29, 0.717) is 12.0 Å². The van der Waals surface area contributed by atoms with Gasteiger partial charge in [-0.25, -0.2) is 14.4 Å². The molecule has 0 N–H and O–H groups in total. The standard InChI is InChI=1S/C13H12O6/c1-17-11(14)8-2-4-9(5-3-8)12(15)19-10-6-7-18-13(10)16/h2-5,10H,6-7H2,1H3/t10-/m1/s1. The van der Waals surface area contributed by atoms with E-state index in [4.69, 9.17) is 9.47 Å². The van der Waals surface area contributed by atoms with E-state index in [9.17, 15) is 14.4 Å². The molecule has 0 radical (unpaired) electrons. The van der Waals surface area contributed by atoms with Gasteiger partial charge in [0.1, 0.15) is 0 Å². The molecule has 0 saturated carbocycles. The topological polar surface area (TPSA) is 78.9 Å². The maximum absolute atomic E-state index is 11.8. The van der Waals surface area contributed by atoms with Gasteiger partial charge in [0.05, 0.1) is 24.8 Å². The fraction of sp³-hybridized carbons (Fsp3) is 0.308. The lowest BCUT2D eigenvalue weighted by atomic mass is 10.1. The largest absolute Gasteiger partial charge is 0.465 e. The summed E-state index contributed by atoms with van der Waals surface area (Å²) in [5, 5.41) is 0. The van der Waals surface area contributed by atoms with Gasteiger partial charge in [-0.2, -0.15) is 0 Å². The lowest BCUT2D eigenvalue weighted by Crippen LogP contribution is -2.22. The fourth-order valence-corrected chi connectivity index (χ4v) is 1.64. The van der Waals surface area contributed by atoms with Crippen LogP contribution < -0.4 is 0 Å². The Morgan fingerprint density at radius 1 is 1.16 bits per heavy atom. The van der Waals surface area contributed by atoms with Crippen molar-refractivity contribution in [3.63, 3.8) is 0 Å². The molecule has 6 heteroatoms.